The fraction of sp³-hybridized carbons (Fsp3) is 1.00. The van der Waals surface area contributed by atoms with Crippen molar-refractivity contribution in [2.75, 3.05) is 7.05 Å². The Hall–Kier alpha value is -0.0800. The standard InChI is InChI=1S/C7H14N2/c1-3-7(8-2)5-4-6(5)9-7/h5-6,8-9H,3-4H2,1-2H3. The molecule has 2 N–H and O–H groups in total. The highest BCUT2D eigenvalue weighted by atomic mass is 15.3. The van der Waals surface area contributed by atoms with Gasteiger partial charge in [-0.1, -0.05) is 6.92 Å². The summed E-state index contributed by atoms with van der Waals surface area (Å²) in [5.41, 5.74) is 0.338. The fourth-order valence-corrected chi connectivity index (χ4v) is 2.04. The monoisotopic (exact) mass is 126 g/mol. The van der Waals surface area contributed by atoms with Crippen LogP contribution in [-0.4, -0.2) is 18.8 Å². The molecule has 0 bridgehead atoms. The lowest BCUT2D eigenvalue weighted by molar-refractivity contribution is 0.146. The predicted octanol–water partition coefficient (Wildman–Crippen LogP) is 0.304. The van der Waals surface area contributed by atoms with Gasteiger partial charge in [0.25, 0.3) is 0 Å². The number of fused-ring (bicyclic) bond motifs is 1. The third kappa shape index (κ3) is 0.528. The molecule has 2 fully saturated rings. The van der Waals surface area contributed by atoms with Crippen LogP contribution >= 0.6 is 0 Å². The maximum atomic E-state index is 3.52. The first-order chi connectivity index (χ1) is 4.32. The van der Waals surface area contributed by atoms with Crippen molar-refractivity contribution in [2.24, 2.45) is 5.92 Å². The van der Waals surface area contributed by atoms with Gasteiger partial charge in [-0.3, -0.25) is 5.32 Å². The lowest BCUT2D eigenvalue weighted by atomic mass is 9.94. The predicted molar refractivity (Wildman–Crippen MR) is 37.1 cm³/mol. The molecule has 1 saturated heterocycles. The van der Waals surface area contributed by atoms with E-state index < -0.39 is 0 Å². The third-order valence-corrected chi connectivity index (χ3v) is 2.87. The molecule has 2 aliphatic rings. The molecule has 1 aliphatic heterocycles. The molecule has 9 heavy (non-hydrogen) atoms. The highest BCUT2D eigenvalue weighted by Crippen LogP contribution is 2.50. The van der Waals surface area contributed by atoms with Crippen molar-refractivity contribution in [1.29, 1.82) is 0 Å². The number of nitrogens with one attached hydrogen (secondary N) is 2. The second-order valence-electron chi connectivity index (χ2n) is 3.17. The quantitative estimate of drug-likeness (QED) is 0.556. The number of hydrogen-bond acceptors (Lipinski definition) is 2. The van der Waals surface area contributed by atoms with Gasteiger partial charge in [0.15, 0.2) is 0 Å². The Morgan fingerprint density at radius 3 is 2.67 bits per heavy atom. The van der Waals surface area contributed by atoms with Crippen molar-refractivity contribution in [1.82, 2.24) is 10.6 Å². The van der Waals surface area contributed by atoms with Crippen molar-refractivity contribution in [2.45, 2.75) is 31.5 Å². The highest BCUT2D eigenvalue weighted by molar-refractivity contribution is 5.18. The summed E-state index contributed by atoms with van der Waals surface area (Å²) >= 11 is 0. The maximum absolute atomic E-state index is 3.52. The van der Waals surface area contributed by atoms with Crippen LogP contribution in [-0.2, 0) is 0 Å². The fourth-order valence-electron chi connectivity index (χ4n) is 2.04. The summed E-state index contributed by atoms with van der Waals surface area (Å²) in [4.78, 5) is 0. The van der Waals surface area contributed by atoms with Crippen LogP contribution < -0.4 is 10.6 Å². The highest BCUT2D eigenvalue weighted by Gasteiger charge is 2.62. The van der Waals surface area contributed by atoms with Crippen LogP contribution in [0.1, 0.15) is 19.8 Å². The van der Waals surface area contributed by atoms with Crippen LogP contribution in [0.5, 0.6) is 0 Å². The summed E-state index contributed by atoms with van der Waals surface area (Å²) in [6.07, 6.45) is 2.61. The van der Waals surface area contributed by atoms with E-state index in [1.54, 1.807) is 0 Å². The van der Waals surface area contributed by atoms with E-state index in [9.17, 15) is 0 Å². The molecule has 3 atom stereocenters. The van der Waals surface area contributed by atoms with Crippen LogP contribution in [0.4, 0.5) is 0 Å². The molecule has 0 aromatic carbocycles. The Morgan fingerprint density at radius 1 is 1.78 bits per heavy atom. The largest absolute Gasteiger partial charge is 0.302 e. The van der Waals surface area contributed by atoms with Crippen molar-refractivity contribution in [3.8, 4) is 0 Å². The SMILES string of the molecule is CCC1(NC)NC2CC21. The molecule has 0 spiro atoms. The van der Waals surface area contributed by atoms with Crippen molar-refractivity contribution in [3.05, 3.63) is 0 Å². The van der Waals surface area contributed by atoms with Crippen LogP contribution in [0, 0.1) is 5.92 Å². The lowest BCUT2D eigenvalue weighted by Gasteiger charge is -2.42. The summed E-state index contributed by atoms with van der Waals surface area (Å²) in [5, 5.41) is 6.86. The van der Waals surface area contributed by atoms with Gasteiger partial charge in [-0.05, 0) is 19.9 Å². The number of rotatable bonds is 2. The minimum Gasteiger partial charge on any atom is -0.302 e. The lowest BCUT2D eigenvalue weighted by Crippen LogP contribution is -2.66. The van der Waals surface area contributed by atoms with Gasteiger partial charge in [-0.25, -0.2) is 0 Å². The molecular formula is C7H14N2. The Labute approximate surface area is 56.0 Å². The summed E-state index contributed by atoms with van der Waals surface area (Å²) < 4.78 is 0. The van der Waals surface area contributed by atoms with Gasteiger partial charge in [-0.2, -0.15) is 0 Å². The maximum Gasteiger partial charge on any atom is 0.0728 e. The van der Waals surface area contributed by atoms with Gasteiger partial charge in [0, 0.05) is 12.0 Å². The summed E-state index contributed by atoms with van der Waals surface area (Å²) in [6, 6.07) is 0.873. The third-order valence-electron chi connectivity index (χ3n) is 2.87. The molecular weight excluding hydrogens is 112 g/mol. The molecule has 0 radical (unpaired) electrons. The van der Waals surface area contributed by atoms with E-state index in [1.807, 2.05) is 7.05 Å². The average Bonchev–Trinajstić information content (AvgIpc) is 2.48. The average molecular weight is 126 g/mol. The van der Waals surface area contributed by atoms with Crippen LogP contribution in [0.15, 0.2) is 0 Å². The minimum atomic E-state index is 0.338. The van der Waals surface area contributed by atoms with Crippen molar-refractivity contribution in [3.63, 3.8) is 0 Å². The van der Waals surface area contributed by atoms with E-state index in [4.69, 9.17) is 0 Å². The van der Waals surface area contributed by atoms with E-state index in [0.717, 1.165) is 12.0 Å². The summed E-state index contributed by atoms with van der Waals surface area (Å²) in [6.45, 7) is 2.23. The number of hydrogen-bond donors (Lipinski definition) is 2. The Morgan fingerprint density at radius 2 is 2.56 bits per heavy atom. The van der Waals surface area contributed by atoms with Crippen LogP contribution in [0.25, 0.3) is 0 Å². The van der Waals surface area contributed by atoms with Crippen molar-refractivity contribution < 1.29 is 0 Å². The first-order valence-corrected chi connectivity index (χ1v) is 3.79. The molecule has 0 aromatic heterocycles. The molecule has 2 heteroatoms. The summed E-state index contributed by atoms with van der Waals surface area (Å²) in [5.74, 6) is 0.951. The molecule has 52 valence electrons. The molecule has 2 nitrogen and oxygen atoms in total. The van der Waals surface area contributed by atoms with Gasteiger partial charge in [0.05, 0.1) is 5.66 Å². The molecule has 3 unspecified atom stereocenters. The first kappa shape index (κ1) is 5.69. The van der Waals surface area contributed by atoms with E-state index in [2.05, 4.69) is 17.6 Å². The zero-order chi connectivity index (χ0) is 6.48. The van der Waals surface area contributed by atoms with Gasteiger partial charge >= 0.3 is 0 Å². The smallest absolute Gasteiger partial charge is 0.0728 e. The Bertz CT molecular complexity index is 129. The Kier molecular flexibility index (Phi) is 0.945. The van der Waals surface area contributed by atoms with E-state index in [-0.39, 0.29) is 0 Å². The second-order valence-corrected chi connectivity index (χ2v) is 3.17. The van der Waals surface area contributed by atoms with Gasteiger partial charge in [-0.15, -0.1) is 0 Å². The molecule has 1 heterocycles. The first-order valence-electron chi connectivity index (χ1n) is 3.79. The van der Waals surface area contributed by atoms with E-state index in [0.29, 0.717) is 5.66 Å². The zero-order valence-electron chi connectivity index (χ0n) is 6.07. The van der Waals surface area contributed by atoms with Gasteiger partial charge in [0.1, 0.15) is 0 Å². The minimum absolute atomic E-state index is 0.338. The second kappa shape index (κ2) is 1.50. The van der Waals surface area contributed by atoms with Crippen LogP contribution in [0.2, 0.25) is 0 Å². The summed E-state index contributed by atoms with van der Waals surface area (Å²) in [7, 11) is 2.05. The molecule has 0 amide bonds. The molecule has 1 saturated carbocycles. The van der Waals surface area contributed by atoms with Crippen molar-refractivity contribution >= 4 is 0 Å². The van der Waals surface area contributed by atoms with E-state index >= 15 is 0 Å². The Balaban J connectivity index is 2.04. The van der Waals surface area contributed by atoms with Gasteiger partial charge < -0.3 is 5.32 Å². The normalized spacial score (nSPS) is 54.0. The van der Waals surface area contributed by atoms with Crippen LogP contribution in [0.3, 0.4) is 0 Å². The molecule has 1 aliphatic carbocycles. The molecule has 2 rings (SSSR count). The van der Waals surface area contributed by atoms with Gasteiger partial charge in [0.2, 0.25) is 0 Å². The zero-order valence-corrected chi connectivity index (χ0v) is 6.07. The molecule has 0 aromatic rings. The topological polar surface area (TPSA) is 24.1 Å². The van der Waals surface area contributed by atoms with E-state index in [1.165, 1.54) is 12.8 Å².